The Morgan fingerprint density at radius 3 is 1.32 bits per heavy atom. The molecule has 0 radical (unpaired) electrons. The molecule has 2 aromatic carbocycles. The van der Waals surface area contributed by atoms with Gasteiger partial charge in [0.05, 0.1) is 0 Å². The van der Waals surface area contributed by atoms with Gasteiger partial charge in [-0.25, -0.2) is 0 Å². The second kappa shape index (κ2) is 18.9. The minimum atomic E-state index is -2.06. The fourth-order valence-corrected chi connectivity index (χ4v) is 2.75. The maximum absolute atomic E-state index is 10.1. The molecule has 0 bridgehead atoms. The van der Waals surface area contributed by atoms with Crippen molar-refractivity contribution < 1.29 is 13.9 Å². The fraction of sp³-hybridized carbons (Fsp3) is 0.0833. The number of para-hydroxylation sites is 2. The molecule has 0 spiro atoms. The van der Waals surface area contributed by atoms with Gasteiger partial charge in [-0.15, -0.1) is 52.6 Å². The van der Waals surface area contributed by atoms with Crippen LogP contribution in [0.4, 0.5) is 0 Å². The Morgan fingerprint density at radius 1 is 0.679 bits per heavy atom. The maximum Gasteiger partial charge on any atom is 0.460 e. The zero-order valence-electron chi connectivity index (χ0n) is 16.6. The summed E-state index contributed by atoms with van der Waals surface area (Å²) in [6.45, 7) is 25.4. The molecule has 3 nitrogen and oxygen atoms in total. The second-order valence-electron chi connectivity index (χ2n) is 4.62. The van der Waals surface area contributed by atoms with Crippen molar-refractivity contribution in [2.75, 3.05) is 0 Å². The van der Waals surface area contributed by atoms with Gasteiger partial charge in [0.15, 0.2) is 0 Å². The Hall–Kier alpha value is -2.87. The normalized spacial score (nSPS) is 8.50. The van der Waals surface area contributed by atoms with Crippen LogP contribution in [0.2, 0.25) is 0 Å². The Balaban J connectivity index is 0. The summed E-state index contributed by atoms with van der Waals surface area (Å²) in [5.41, 5.74) is 1.92. The highest BCUT2D eigenvalue weighted by Gasteiger charge is 2.15. The van der Waals surface area contributed by atoms with Crippen molar-refractivity contribution in [3.05, 3.63) is 124 Å². The summed E-state index contributed by atoms with van der Waals surface area (Å²) in [5.74, 6) is 1.22. The molecule has 0 saturated heterocycles. The molecule has 0 fully saturated rings. The average Bonchev–Trinajstić information content (AvgIpc) is 2.76. The molecule has 0 amide bonds. The fourth-order valence-electron chi connectivity index (χ4n) is 2.02. The third kappa shape index (κ3) is 10.3. The minimum Gasteiger partial charge on any atom is -0.418 e. The van der Waals surface area contributed by atoms with E-state index in [0.717, 1.165) is 11.1 Å². The maximum atomic E-state index is 10.1. The first kappa shape index (κ1) is 27.3. The lowest BCUT2D eigenvalue weighted by Gasteiger charge is -2.16. The predicted molar refractivity (Wildman–Crippen MR) is 125 cm³/mol. The molecule has 0 aromatic heterocycles. The molecule has 4 heteroatoms. The summed E-state index contributed by atoms with van der Waals surface area (Å²) < 4.78 is 11.1. The third-order valence-corrected chi connectivity index (χ3v) is 3.73. The summed E-state index contributed by atoms with van der Waals surface area (Å²) in [4.78, 5) is 10.1. The van der Waals surface area contributed by atoms with Crippen molar-refractivity contribution >= 4 is 8.60 Å². The molecule has 0 aliphatic carbocycles. The molecule has 28 heavy (non-hydrogen) atoms. The summed E-state index contributed by atoms with van der Waals surface area (Å²) >= 11 is 0. The number of hydrogen-bond donors (Lipinski definition) is 1. The first-order valence-corrected chi connectivity index (χ1v) is 9.60. The molecule has 0 heterocycles. The van der Waals surface area contributed by atoms with Crippen LogP contribution in [0.25, 0.3) is 0 Å². The van der Waals surface area contributed by atoms with Crippen LogP contribution >= 0.6 is 8.60 Å². The number of rotatable bonds is 8. The van der Waals surface area contributed by atoms with Gasteiger partial charge in [-0.2, -0.15) is 0 Å². The van der Waals surface area contributed by atoms with Crippen molar-refractivity contribution in [3.8, 4) is 11.5 Å². The van der Waals surface area contributed by atoms with E-state index in [-0.39, 0.29) is 0 Å². The lowest BCUT2D eigenvalue weighted by Crippen LogP contribution is -1.99. The van der Waals surface area contributed by atoms with Crippen LogP contribution in [0.5, 0.6) is 11.5 Å². The Kier molecular flexibility index (Phi) is 18.5. The highest BCUT2D eigenvalue weighted by atomic mass is 31.2. The Labute approximate surface area is 171 Å². The average molecular weight is 398 g/mol. The topological polar surface area (TPSA) is 38.7 Å². The summed E-state index contributed by atoms with van der Waals surface area (Å²) in [6.07, 6.45) is 4.93. The van der Waals surface area contributed by atoms with Gasteiger partial charge in [-0.1, -0.05) is 48.6 Å². The van der Waals surface area contributed by atoms with Crippen molar-refractivity contribution in [3.63, 3.8) is 0 Å². The van der Waals surface area contributed by atoms with Crippen LogP contribution in [0.1, 0.15) is 11.1 Å². The second-order valence-corrected chi connectivity index (χ2v) is 5.46. The zero-order valence-corrected chi connectivity index (χ0v) is 17.4. The summed E-state index contributed by atoms with van der Waals surface area (Å²) in [5, 5.41) is 0. The van der Waals surface area contributed by atoms with E-state index < -0.39 is 8.60 Å². The molecule has 0 saturated carbocycles. The van der Waals surface area contributed by atoms with E-state index in [0.29, 0.717) is 24.3 Å². The van der Waals surface area contributed by atoms with Crippen LogP contribution in [-0.2, 0) is 12.8 Å². The molecule has 0 aliphatic rings. The van der Waals surface area contributed by atoms with E-state index in [4.69, 9.17) is 9.05 Å². The van der Waals surface area contributed by atoms with Crippen LogP contribution in [-0.4, -0.2) is 4.89 Å². The number of allylic oxidation sites excluding steroid dienone is 2. The van der Waals surface area contributed by atoms with Gasteiger partial charge in [0.25, 0.3) is 0 Å². The number of hydrogen-bond acceptors (Lipinski definition) is 3. The highest BCUT2D eigenvalue weighted by molar-refractivity contribution is 7.41. The molecule has 150 valence electrons. The summed E-state index contributed by atoms with van der Waals surface area (Å²) in [6, 6.07) is 15.1. The first-order chi connectivity index (χ1) is 13.7. The SMILES string of the molecule is C=C.C=C.C=C.C=CCc1ccccc1OP(O)Oc1ccccc1CC=C. The molecule has 1 N–H and O–H groups in total. The van der Waals surface area contributed by atoms with Gasteiger partial charge >= 0.3 is 8.60 Å². The molecule has 0 aliphatic heterocycles. The third-order valence-electron chi connectivity index (χ3n) is 3.03. The van der Waals surface area contributed by atoms with Crippen LogP contribution in [0, 0.1) is 0 Å². The van der Waals surface area contributed by atoms with Crippen molar-refractivity contribution in [2.24, 2.45) is 0 Å². The smallest absolute Gasteiger partial charge is 0.418 e. The predicted octanol–water partition coefficient (Wildman–Crippen LogP) is 7.23. The van der Waals surface area contributed by atoms with Crippen molar-refractivity contribution in [1.29, 1.82) is 0 Å². The molecule has 2 rings (SSSR count). The van der Waals surface area contributed by atoms with Crippen molar-refractivity contribution in [2.45, 2.75) is 12.8 Å². The van der Waals surface area contributed by atoms with E-state index in [1.807, 2.05) is 48.5 Å². The van der Waals surface area contributed by atoms with Gasteiger partial charge in [0.2, 0.25) is 0 Å². The van der Waals surface area contributed by atoms with Gasteiger partial charge in [0.1, 0.15) is 11.5 Å². The van der Waals surface area contributed by atoms with E-state index in [9.17, 15) is 4.89 Å². The molecule has 0 unspecified atom stereocenters. The quantitative estimate of drug-likeness (QED) is 0.377. The molecular weight excluding hydrogens is 367 g/mol. The van der Waals surface area contributed by atoms with Gasteiger partial charge in [-0.3, -0.25) is 0 Å². The van der Waals surface area contributed by atoms with Crippen LogP contribution < -0.4 is 9.05 Å². The Bertz CT molecular complexity index is 625. The standard InChI is InChI=1S/C18H19O3P.3C2H4/c1-3-9-15-11-5-7-13-17(15)20-22(19)21-18-14-8-6-12-16(18)10-4-2;3*1-2/h3-8,11-14,19H,1-2,9-10H2;3*1-2H2. The minimum absolute atomic E-state index is 0.609. The van der Waals surface area contributed by atoms with Crippen molar-refractivity contribution in [1.82, 2.24) is 0 Å². The molecular formula is C24H31O3P. The van der Waals surface area contributed by atoms with Crippen LogP contribution in [0.3, 0.4) is 0 Å². The lowest BCUT2D eigenvalue weighted by atomic mass is 10.1. The largest absolute Gasteiger partial charge is 0.460 e. The van der Waals surface area contributed by atoms with E-state index in [2.05, 4.69) is 52.6 Å². The molecule has 2 aromatic rings. The van der Waals surface area contributed by atoms with E-state index in [1.165, 1.54) is 0 Å². The van der Waals surface area contributed by atoms with Gasteiger partial charge in [-0.05, 0) is 36.1 Å². The Morgan fingerprint density at radius 2 is 1.00 bits per heavy atom. The highest BCUT2D eigenvalue weighted by Crippen LogP contribution is 2.39. The van der Waals surface area contributed by atoms with Gasteiger partial charge < -0.3 is 13.9 Å². The summed E-state index contributed by atoms with van der Waals surface area (Å²) in [7, 11) is -2.06. The van der Waals surface area contributed by atoms with E-state index in [1.54, 1.807) is 12.2 Å². The van der Waals surface area contributed by atoms with Gasteiger partial charge in [0, 0.05) is 0 Å². The van der Waals surface area contributed by atoms with Crippen LogP contribution in [0.15, 0.2) is 113 Å². The number of benzene rings is 2. The monoisotopic (exact) mass is 398 g/mol. The first-order valence-electron chi connectivity index (χ1n) is 8.47. The van der Waals surface area contributed by atoms with E-state index >= 15 is 0 Å². The molecule has 0 atom stereocenters. The zero-order chi connectivity index (χ0) is 21.8. The lowest BCUT2D eigenvalue weighted by molar-refractivity contribution is 0.379.